The molecule has 6 nitrogen and oxygen atoms in total. The van der Waals surface area contributed by atoms with E-state index in [1.54, 1.807) is 6.07 Å². The fourth-order valence-corrected chi connectivity index (χ4v) is 2.75. The van der Waals surface area contributed by atoms with Crippen molar-refractivity contribution in [1.82, 2.24) is 14.9 Å². The largest absolute Gasteiger partial charge is 0.508 e. The van der Waals surface area contributed by atoms with Crippen LogP contribution in [0.5, 0.6) is 5.75 Å². The van der Waals surface area contributed by atoms with Crippen molar-refractivity contribution in [3.63, 3.8) is 0 Å². The molecule has 1 aliphatic heterocycles. The predicted molar refractivity (Wildman–Crippen MR) is 85.2 cm³/mol. The molecule has 1 aromatic heterocycles. The Morgan fingerprint density at radius 3 is 2.73 bits per heavy atom. The highest BCUT2D eigenvalue weighted by Crippen LogP contribution is 2.21. The van der Waals surface area contributed by atoms with Gasteiger partial charge in [-0.1, -0.05) is 17.7 Å². The third-order valence-corrected chi connectivity index (χ3v) is 3.99. The topological polar surface area (TPSA) is 72.5 Å². The molecule has 22 heavy (non-hydrogen) atoms. The molecule has 0 unspecified atom stereocenters. The van der Waals surface area contributed by atoms with Crippen LogP contribution in [0, 0.1) is 6.92 Å². The molecule has 2 N–H and O–H groups in total. The van der Waals surface area contributed by atoms with Crippen LogP contribution in [0.4, 0.5) is 5.82 Å². The first-order valence-electron chi connectivity index (χ1n) is 7.42. The van der Waals surface area contributed by atoms with E-state index in [1.165, 1.54) is 12.4 Å². The molecule has 2 aromatic rings. The Morgan fingerprint density at radius 2 is 2.00 bits per heavy atom. The average Bonchev–Trinajstić information content (AvgIpc) is 2.52. The van der Waals surface area contributed by atoms with Crippen LogP contribution in [0.25, 0.3) is 0 Å². The van der Waals surface area contributed by atoms with Gasteiger partial charge in [0.2, 0.25) is 0 Å². The van der Waals surface area contributed by atoms with Gasteiger partial charge in [-0.05, 0) is 13.0 Å². The maximum Gasteiger partial charge on any atom is 0.252 e. The lowest BCUT2D eigenvalue weighted by Crippen LogP contribution is -2.46. The Hall–Kier alpha value is -2.34. The summed E-state index contributed by atoms with van der Waals surface area (Å²) in [7, 11) is 0. The molecular formula is C16H20N4O2. The van der Waals surface area contributed by atoms with Crippen molar-refractivity contribution in [3.05, 3.63) is 52.1 Å². The molecule has 1 aromatic carbocycles. The number of rotatable bonds is 3. The molecule has 0 atom stereocenters. The minimum Gasteiger partial charge on any atom is -0.508 e. The zero-order valence-corrected chi connectivity index (χ0v) is 12.6. The van der Waals surface area contributed by atoms with Crippen molar-refractivity contribution in [2.75, 3.05) is 31.1 Å². The van der Waals surface area contributed by atoms with E-state index in [0.717, 1.165) is 49.7 Å². The highest BCUT2D eigenvalue weighted by molar-refractivity contribution is 5.38. The lowest BCUT2D eigenvalue weighted by molar-refractivity contribution is 0.246. The molecule has 0 bridgehead atoms. The monoisotopic (exact) mass is 300 g/mol. The number of aryl methyl sites for hydroxylation is 1. The highest BCUT2D eigenvalue weighted by atomic mass is 16.3. The molecule has 116 valence electrons. The molecule has 0 aliphatic carbocycles. The number of phenols is 1. The molecule has 0 amide bonds. The average molecular weight is 300 g/mol. The Labute approximate surface area is 129 Å². The van der Waals surface area contributed by atoms with Crippen molar-refractivity contribution in [2.24, 2.45) is 0 Å². The first-order chi connectivity index (χ1) is 10.6. The van der Waals surface area contributed by atoms with Crippen molar-refractivity contribution in [1.29, 1.82) is 0 Å². The van der Waals surface area contributed by atoms with Gasteiger partial charge >= 0.3 is 0 Å². The van der Waals surface area contributed by atoms with Gasteiger partial charge in [0, 0.05) is 44.4 Å². The summed E-state index contributed by atoms with van der Waals surface area (Å²) in [6.07, 6.45) is 1.44. The van der Waals surface area contributed by atoms with Crippen LogP contribution < -0.4 is 10.5 Å². The number of phenolic OH excluding ortho intramolecular Hbond substituents is 1. The number of aromatic hydroxyl groups is 1. The van der Waals surface area contributed by atoms with Crippen molar-refractivity contribution in [3.8, 4) is 5.75 Å². The van der Waals surface area contributed by atoms with Crippen LogP contribution in [0.3, 0.4) is 0 Å². The van der Waals surface area contributed by atoms with Crippen LogP contribution >= 0.6 is 0 Å². The molecule has 0 radical (unpaired) electrons. The Morgan fingerprint density at radius 1 is 1.23 bits per heavy atom. The number of anilines is 1. The first kappa shape index (κ1) is 14.6. The minimum atomic E-state index is -0.128. The molecule has 2 heterocycles. The van der Waals surface area contributed by atoms with E-state index in [9.17, 15) is 9.90 Å². The third-order valence-electron chi connectivity index (χ3n) is 3.99. The molecule has 1 fully saturated rings. The SMILES string of the molecule is Cc1ccc(O)c(CN2CCN(c3cc(=O)[nH]cn3)CC2)c1. The Bertz CT molecular complexity index is 705. The van der Waals surface area contributed by atoms with Gasteiger partial charge in [0.05, 0.1) is 6.33 Å². The number of hydrogen-bond acceptors (Lipinski definition) is 5. The predicted octanol–water partition coefficient (Wildman–Crippen LogP) is 1.11. The van der Waals surface area contributed by atoms with E-state index >= 15 is 0 Å². The second-order valence-electron chi connectivity index (χ2n) is 5.66. The van der Waals surface area contributed by atoms with E-state index in [2.05, 4.69) is 19.8 Å². The molecule has 1 saturated heterocycles. The normalized spacial score (nSPS) is 16.0. The minimum absolute atomic E-state index is 0.128. The molecule has 0 saturated carbocycles. The van der Waals surface area contributed by atoms with Crippen LogP contribution in [0.2, 0.25) is 0 Å². The summed E-state index contributed by atoms with van der Waals surface area (Å²) >= 11 is 0. The lowest BCUT2D eigenvalue weighted by atomic mass is 10.1. The number of aromatic amines is 1. The summed E-state index contributed by atoms with van der Waals surface area (Å²) in [4.78, 5) is 22.5. The number of hydrogen-bond donors (Lipinski definition) is 2. The summed E-state index contributed by atoms with van der Waals surface area (Å²) in [6, 6.07) is 7.22. The molecule has 0 spiro atoms. The number of benzene rings is 1. The Kier molecular flexibility index (Phi) is 4.11. The first-order valence-corrected chi connectivity index (χ1v) is 7.42. The van der Waals surface area contributed by atoms with E-state index in [1.807, 2.05) is 19.1 Å². The quantitative estimate of drug-likeness (QED) is 0.888. The summed E-state index contributed by atoms with van der Waals surface area (Å²) in [5, 5.41) is 9.94. The van der Waals surface area contributed by atoms with Gasteiger partial charge in [0.15, 0.2) is 0 Å². The number of H-pyrrole nitrogens is 1. The molecule has 6 heteroatoms. The number of nitrogens with one attached hydrogen (secondary N) is 1. The Balaban J connectivity index is 1.62. The zero-order chi connectivity index (χ0) is 15.5. The van der Waals surface area contributed by atoms with E-state index in [4.69, 9.17) is 0 Å². The standard InChI is InChI=1S/C16H20N4O2/c1-12-2-3-14(21)13(8-12)10-19-4-6-20(7-5-19)15-9-16(22)18-11-17-15/h2-3,8-9,11,21H,4-7,10H2,1H3,(H,17,18,22). The summed E-state index contributed by atoms with van der Waals surface area (Å²) in [6.45, 7) is 6.17. The summed E-state index contributed by atoms with van der Waals surface area (Å²) in [5.74, 6) is 1.08. The van der Waals surface area contributed by atoms with Gasteiger partial charge in [-0.15, -0.1) is 0 Å². The number of aromatic nitrogens is 2. The van der Waals surface area contributed by atoms with Crippen LogP contribution in [0.15, 0.2) is 35.4 Å². The van der Waals surface area contributed by atoms with Gasteiger partial charge in [0.1, 0.15) is 11.6 Å². The maximum absolute atomic E-state index is 11.3. The summed E-state index contributed by atoms with van der Waals surface area (Å²) < 4.78 is 0. The zero-order valence-electron chi connectivity index (χ0n) is 12.6. The van der Waals surface area contributed by atoms with Crippen molar-refractivity contribution in [2.45, 2.75) is 13.5 Å². The van der Waals surface area contributed by atoms with Crippen LogP contribution in [-0.4, -0.2) is 46.2 Å². The van der Waals surface area contributed by atoms with Gasteiger partial charge in [0.25, 0.3) is 5.56 Å². The molecular weight excluding hydrogens is 280 g/mol. The third kappa shape index (κ3) is 3.28. The maximum atomic E-state index is 11.3. The van der Waals surface area contributed by atoms with E-state index in [0.29, 0.717) is 5.75 Å². The number of piperazine rings is 1. The number of nitrogens with zero attached hydrogens (tertiary/aromatic N) is 3. The lowest BCUT2D eigenvalue weighted by Gasteiger charge is -2.35. The molecule has 3 rings (SSSR count). The van der Waals surface area contributed by atoms with Crippen molar-refractivity contribution >= 4 is 5.82 Å². The van der Waals surface area contributed by atoms with Gasteiger partial charge in [-0.25, -0.2) is 4.98 Å². The van der Waals surface area contributed by atoms with E-state index < -0.39 is 0 Å². The summed E-state index contributed by atoms with van der Waals surface area (Å²) in [5.41, 5.74) is 1.99. The van der Waals surface area contributed by atoms with Crippen LogP contribution in [-0.2, 0) is 6.54 Å². The smallest absolute Gasteiger partial charge is 0.252 e. The second kappa shape index (κ2) is 6.19. The molecule has 1 aliphatic rings. The van der Waals surface area contributed by atoms with Gasteiger partial charge < -0.3 is 15.0 Å². The fourth-order valence-electron chi connectivity index (χ4n) is 2.75. The van der Waals surface area contributed by atoms with E-state index in [-0.39, 0.29) is 5.56 Å². The van der Waals surface area contributed by atoms with Gasteiger partial charge in [-0.2, -0.15) is 0 Å². The fraction of sp³-hybridized carbons (Fsp3) is 0.375. The second-order valence-corrected chi connectivity index (χ2v) is 5.66. The van der Waals surface area contributed by atoms with Gasteiger partial charge in [-0.3, -0.25) is 9.69 Å². The van der Waals surface area contributed by atoms with Crippen LogP contribution in [0.1, 0.15) is 11.1 Å². The highest BCUT2D eigenvalue weighted by Gasteiger charge is 2.19. The van der Waals surface area contributed by atoms with Crippen molar-refractivity contribution < 1.29 is 5.11 Å².